The Kier molecular flexibility index (Phi) is 40.3. The summed E-state index contributed by atoms with van der Waals surface area (Å²) in [5.41, 5.74) is 4.72. The molecule has 1 unspecified atom stereocenters. The molecule has 12 rings (SSSR count). The van der Waals surface area contributed by atoms with E-state index in [0.717, 1.165) is 101 Å². The zero-order chi connectivity index (χ0) is 71.3. The van der Waals surface area contributed by atoms with Crippen LogP contribution in [0.25, 0.3) is 62.1 Å². The number of H-pyrrole nitrogens is 1. The minimum absolute atomic E-state index is 0. The molecule has 0 amide bonds. The Hall–Kier alpha value is -4.87. The van der Waals surface area contributed by atoms with Gasteiger partial charge in [-0.1, -0.05) is 86.9 Å². The van der Waals surface area contributed by atoms with Gasteiger partial charge in [0.05, 0.1) is 24.4 Å². The molecule has 0 fully saturated rings. The second-order valence-electron chi connectivity index (χ2n) is 24.5. The molecule has 14 nitrogen and oxygen atoms in total. The number of halogens is 13. The summed E-state index contributed by atoms with van der Waals surface area (Å²) in [6.45, 7) is 24.6. The molecular weight excluding hydrogens is 1510 g/mol. The van der Waals surface area contributed by atoms with Gasteiger partial charge in [0.1, 0.15) is 29.6 Å². The third-order valence-corrected chi connectivity index (χ3v) is 14.1. The Balaban J connectivity index is 0.000000650. The molecule has 32 heteroatoms. The van der Waals surface area contributed by atoms with Crippen LogP contribution in [0, 0.1) is 110 Å². The molecule has 0 spiro atoms. The zero-order valence-electron chi connectivity index (χ0n) is 59.6. The molecular formula is C71H67Cl3F10KLiMg2N13OZn+. The van der Waals surface area contributed by atoms with Crippen LogP contribution in [0.4, 0.5) is 43.9 Å². The minimum Gasteiger partial charge on any atom is 1.00 e. The van der Waals surface area contributed by atoms with Gasteiger partial charge in [-0.25, -0.2) is 46.3 Å². The van der Waals surface area contributed by atoms with E-state index < -0.39 is 58.0 Å². The first-order chi connectivity index (χ1) is 45.8. The van der Waals surface area contributed by atoms with Gasteiger partial charge in [0.15, 0.2) is 23.3 Å². The van der Waals surface area contributed by atoms with Crippen LogP contribution in [0.5, 0.6) is 0 Å². The van der Waals surface area contributed by atoms with Crippen molar-refractivity contribution in [2.24, 2.45) is 17.9 Å². The van der Waals surface area contributed by atoms with Gasteiger partial charge in [-0.3, -0.25) is 23.8 Å². The van der Waals surface area contributed by atoms with Crippen molar-refractivity contribution in [1.82, 2.24) is 59.3 Å². The van der Waals surface area contributed by atoms with Crippen LogP contribution in [0.15, 0.2) is 127 Å². The predicted molar refractivity (Wildman–Crippen MR) is 354 cm³/mol. The predicted octanol–water partition coefficient (Wildman–Crippen LogP) is 4.70. The quantitative estimate of drug-likeness (QED) is 0.0514. The Morgan fingerprint density at radius 3 is 1.90 bits per heavy atom. The average Bonchev–Trinajstić information content (AvgIpc) is 1.74. The topological polar surface area (TPSA) is 150 Å². The normalized spacial score (nSPS) is 11.0. The van der Waals surface area contributed by atoms with Gasteiger partial charge >= 0.3 is 150 Å². The number of fused-ring (bicyclic) bond motifs is 1. The minimum atomic E-state index is -4.34. The number of aromatic amines is 1. The number of rotatable bonds is 10. The second kappa shape index (κ2) is 43.2. The summed E-state index contributed by atoms with van der Waals surface area (Å²) in [5, 5.41) is 18.9. The summed E-state index contributed by atoms with van der Waals surface area (Å²) >= 11 is 0.847. The van der Waals surface area contributed by atoms with Crippen LogP contribution in [0.3, 0.4) is 0 Å². The fourth-order valence-electron chi connectivity index (χ4n) is 9.35. The summed E-state index contributed by atoms with van der Waals surface area (Å²) in [7, 11) is 6.62. The van der Waals surface area contributed by atoms with E-state index in [0.29, 0.717) is 40.2 Å². The van der Waals surface area contributed by atoms with E-state index in [1.54, 1.807) is 17.9 Å². The number of imidazole rings is 1. The SMILES string of the molecule is CCC(C)c1nc(-c2[c-]ccc(-c3c(F)c(F)c(F)c(F)c3F)c2)c2ccccn12.C[n+]1cn(-c2[c-]cc(F)cc2F)nc1CC(C)(C)C.Cc1c[c-]c(-c2noc(CC(C)(C)C)n2)c(C)c1.Cc1nc(-c2[c-]cc(C(F)(F)F)cc2)n[nH]1.Cc1ncnn1-c1[c-]cccc1.[Cl-].[Cl-].[Cl][Zn+].[K+].[Li+].[Mg+2].[Mg+2]. The van der Waals surface area contributed by atoms with Crippen LogP contribution >= 0.6 is 9.69 Å². The van der Waals surface area contributed by atoms with Crippen molar-refractivity contribution in [3.8, 4) is 56.5 Å². The molecule has 6 heterocycles. The first-order valence-corrected chi connectivity index (χ1v) is 33.9. The van der Waals surface area contributed by atoms with Gasteiger partial charge in [0, 0.05) is 52.6 Å². The van der Waals surface area contributed by atoms with Gasteiger partial charge in [-0.05, 0) is 54.5 Å². The monoisotopic (exact) mass is 1570 g/mol. The number of benzene rings is 6. The smallest absolute Gasteiger partial charge is 1.00 e. The molecule has 6 aromatic heterocycles. The third kappa shape index (κ3) is 26.5. The van der Waals surface area contributed by atoms with Crippen molar-refractivity contribution in [2.45, 2.75) is 114 Å². The number of pyridine rings is 1. The standard InChI is InChI=1S/C23H16F5N2.C15H19N2O.C14H17F2N3.C10H7F3N3.C9H8N3.3ClH.K.Li.2Mg.Zn/c1-3-12(2)23-29-22(15-9-4-5-10-30(15)23)14-8-6-7-13(11-14)16-17(24)19(26)21(28)20(27)18(16)25;1-10-6-7-12(11(2)8-10)14-16-13(18-17-14)9-15(3,4)5;1-14(2,3)8-13-17-19(9-18(13)4)12-6-5-10(15)7-11(12)16;1-6-14-9(16-15-6)7-2-4-8(5-3-7)10(11,12)13;1-8-10-7-11-12(8)9-5-3-2-4-6-9;;;;;;;;/h4-7,9-12H,3H2,1-2H3;6,8H,9H2,1-5H3;5,7,9H,8H2,1-4H3;2,4-5H,1H3,(H,14,15,16);2-5,7H,1H3;3*1H;;;;;/q2*-1;;2*-1;;;;2*+1;3*+2/p-3. The van der Waals surface area contributed by atoms with Crippen molar-refractivity contribution < 1.29 is 165 Å². The number of hydrogen-bond acceptors (Lipinski definition) is 9. The number of nitrogens with one attached hydrogen (secondary N) is 1. The van der Waals surface area contributed by atoms with E-state index in [1.807, 2.05) is 98.4 Å². The molecule has 0 saturated carbocycles. The van der Waals surface area contributed by atoms with Gasteiger partial charge in [0.2, 0.25) is 18.0 Å². The molecule has 0 aliphatic heterocycles. The maximum Gasteiger partial charge on any atom is 2.00 e. The number of aryl methyl sites for hydroxylation is 5. The summed E-state index contributed by atoms with van der Waals surface area (Å²) in [4.78, 5) is 17.2. The number of alkyl halides is 3. The average molecular weight is 1570 g/mol. The van der Waals surface area contributed by atoms with Crippen LogP contribution in [-0.2, 0) is 43.4 Å². The maximum atomic E-state index is 14.3. The van der Waals surface area contributed by atoms with Crippen LogP contribution in [0.1, 0.15) is 114 Å². The van der Waals surface area contributed by atoms with Gasteiger partial charge in [-0.15, -0.1) is 123 Å². The zero-order valence-corrected chi connectivity index (χ0v) is 70.7. The van der Waals surface area contributed by atoms with Crippen LogP contribution in [0.2, 0.25) is 0 Å². The molecule has 1 N–H and O–H groups in total. The maximum absolute atomic E-state index is 14.3. The van der Waals surface area contributed by atoms with E-state index in [2.05, 4.69) is 125 Å². The van der Waals surface area contributed by atoms with Crippen molar-refractivity contribution in [1.29, 1.82) is 0 Å². The summed E-state index contributed by atoms with van der Waals surface area (Å²) in [6.07, 6.45) is 3.11. The Bertz CT molecular complexity index is 4580. The third-order valence-electron chi connectivity index (χ3n) is 14.1. The van der Waals surface area contributed by atoms with Gasteiger partial charge in [0.25, 0.3) is 5.82 Å². The Morgan fingerprint density at radius 1 is 0.709 bits per heavy atom. The molecule has 6 aromatic carbocycles. The Labute approximate surface area is 705 Å². The molecule has 0 bridgehead atoms. The van der Waals surface area contributed by atoms with E-state index in [-0.39, 0.29) is 169 Å². The molecule has 520 valence electrons. The van der Waals surface area contributed by atoms with Crippen molar-refractivity contribution in [3.05, 3.63) is 239 Å². The second-order valence-corrected chi connectivity index (χ2v) is 24.5. The molecule has 0 aliphatic carbocycles. The molecule has 1 atom stereocenters. The first-order valence-electron chi connectivity index (χ1n) is 30.0. The largest absolute Gasteiger partial charge is 2.00 e. The molecule has 12 aromatic rings. The number of aromatic nitrogens is 13. The molecule has 0 aliphatic rings. The fourth-order valence-corrected chi connectivity index (χ4v) is 9.35. The Morgan fingerprint density at radius 2 is 1.36 bits per heavy atom. The summed E-state index contributed by atoms with van der Waals surface area (Å²) in [5.74, 6) is -6.31. The van der Waals surface area contributed by atoms with Crippen molar-refractivity contribution in [2.75, 3.05) is 0 Å². The van der Waals surface area contributed by atoms with Crippen LogP contribution in [-0.4, -0.2) is 105 Å². The number of hydrogen-bond donors (Lipinski definition) is 1. The van der Waals surface area contributed by atoms with E-state index in [1.165, 1.54) is 40.8 Å². The molecule has 0 radical (unpaired) electrons. The number of nitrogens with zero attached hydrogens (tertiary/aromatic N) is 12. The van der Waals surface area contributed by atoms with E-state index in [4.69, 9.17) is 19.2 Å². The number of para-hydroxylation sites is 1. The molecule has 103 heavy (non-hydrogen) atoms. The van der Waals surface area contributed by atoms with Crippen molar-refractivity contribution >= 4 is 61.3 Å². The first kappa shape index (κ1) is 96.1. The van der Waals surface area contributed by atoms with Gasteiger partial charge < -0.3 is 33.7 Å². The van der Waals surface area contributed by atoms with Crippen molar-refractivity contribution in [3.63, 3.8) is 0 Å². The summed E-state index contributed by atoms with van der Waals surface area (Å²) in [6, 6.07) is 40.6. The molecule has 0 saturated heterocycles. The van der Waals surface area contributed by atoms with E-state index >= 15 is 0 Å². The summed E-state index contributed by atoms with van der Waals surface area (Å²) < 4.78 is 145. The van der Waals surface area contributed by atoms with E-state index in [9.17, 15) is 43.9 Å². The fraction of sp³-hybridized carbons (Fsp3) is 0.282. The van der Waals surface area contributed by atoms with Gasteiger partial charge in [-0.2, -0.15) is 42.5 Å². The van der Waals surface area contributed by atoms with Crippen LogP contribution < -0.4 is 99.6 Å².